The lowest BCUT2D eigenvalue weighted by Crippen LogP contribution is -2.18. The standard InChI is InChI=1S/C14H16ClFN2S/c1-14(2,3)12-7-17-13(19)18(12)8-9-4-5-11(16)10(15)6-9/h4-7H,8H2,1-3H3,(H,17,19). The van der Waals surface area contributed by atoms with Gasteiger partial charge in [-0.1, -0.05) is 38.4 Å². The van der Waals surface area contributed by atoms with Crippen LogP contribution in [0.15, 0.2) is 24.4 Å². The van der Waals surface area contributed by atoms with Crippen LogP contribution in [0, 0.1) is 10.6 Å². The highest BCUT2D eigenvalue weighted by Gasteiger charge is 2.19. The average molecular weight is 299 g/mol. The molecule has 1 aromatic carbocycles. The van der Waals surface area contributed by atoms with Crippen LogP contribution in [0.25, 0.3) is 0 Å². The van der Waals surface area contributed by atoms with E-state index in [1.807, 2.05) is 10.8 Å². The first-order chi connectivity index (χ1) is 8.79. The molecule has 0 saturated heterocycles. The van der Waals surface area contributed by atoms with Gasteiger partial charge in [0.25, 0.3) is 0 Å². The highest BCUT2D eigenvalue weighted by atomic mass is 35.5. The van der Waals surface area contributed by atoms with Crippen molar-refractivity contribution in [2.75, 3.05) is 0 Å². The number of nitrogens with one attached hydrogen (secondary N) is 1. The lowest BCUT2D eigenvalue weighted by molar-refractivity contribution is 0.529. The van der Waals surface area contributed by atoms with Gasteiger partial charge in [0.1, 0.15) is 5.82 Å². The van der Waals surface area contributed by atoms with Crippen molar-refractivity contribution in [2.45, 2.75) is 32.7 Å². The Morgan fingerprint density at radius 1 is 1.37 bits per heavy atom. The van der Waals surface area contributed by atoms with Gasteiger partial charge in [-0.15, -0.1) is 0 Å². The molecule has 0 aliphatic rings. The van der Waals surface area contributed by atoms with E-state index >= 15 is 0 Å². The van der Waals surface area contributed by atoms with Crippen molar-refractivity contribution in [3.05, 3.63) is 51.3 Å². The number of nitrogens with zero attached hydrogens (tertiary/aromatic N) is 1. The summed E-state index contributed by atoms with van der Waals surface area (Å²) in [6.07, 6.45) is 1.92. The smallest absolute Gasteiger partial charge is 0.177 e. The summed E-state index contributed by atoms with van der Waals surface area (Å²) in [6.45, 7) is 6.95. The molecule has 2 aromatic rings. The molecule has 19 heavy (non-hydrogen) atoms. The van der Waals surface area contributed by atoms with Crippen LogP contribution in [0.3, 0.4) is 0 Å². The molecule has 0 unspecified atom stereocenters. The van der Waals surface area contributed by atoms with Gasteiger partial charge in [0.15, 0.2) is 4.77 Å². The molecule has 2 rings (SSSR count). The number of imidazole rings is 1. The Hall–Kier alpha value is -1.13. The van der Waals surface area contributed by atoms with Crippen molar-refractivity contribution in [1.29, 1.82) is 0 Å². The molecule has 0 aliphatic heterocycles. The zero-order valence-electron chi connectivity index (χ0n) is 11.1. The van der Waals surface area contributed by atoms with Gasteiger partial charge >= 0.3 is 0 Å². The van der Waals surface area contributed by atoms with Gasteiger partial charge in [-0.2, -0.15) is 0 Å². The molecule has 102 valence electrons. The van der Waals surface area contributed by atoms with Gasteiger partial charge < -0.3 is 9.55 Å². The Bertz CT molecular complexity index is 652. The zero-order chi connectivity index (χ0) is 14.2. The first kappa shape index (κ1) is 14.3. The number of benzene rings is 1. The van der Waals surface area contributed by atoms with E-state index in [4.69, 9.17) is 23.8 Å². The Morgan fingerprint density at radius 2 is 2.05 bits per heavy atom. The molecule has 0 radical (unpaired) electrons. The largest absolute Gasteiger partial charge is 0.337 e. The zero-order valence-corrected chi connectivity index (χ0v) is 12.7. The third-order valence-corrected chi connectivity index (χ3v) is 3.59. The fourth-order valence-corrected chi connectivity index (χ4v) is 2.42. The quantitative estimate of drug-likeness (QED) is 0.798. The molecule has 1 N–H and O–H groups in total. The molecular formula is C14H16ClFN2S. The van der Waals surface area contributed by atoms with Crippen molar-refractivity contribution in [3.8, 4) is 0 Å². The minimum absolute atomic E-state index is 0.0165. The van der Waals surface area contributed by atoms with E-state index in [-0.39, 0.29) is 10.4 Å². The van der Waals surface area contributed by atoms with Gasteiger partial charge in [0.05, 0.1) is 11.6 Å². The molecule has 5 heteroatoms. The summed E-state index contributed by atoms with van der Waals surface area (Å²) in [5.41, 5.74) is 2.02. The lowest BCUT2D eigenvalue weighted by Gasteiger charge is -2.20. The van der Waals surface area contributed by atoms with Crippen molar-refractivity contribution in [3.63, 3.8) is 0 Å². The Balaban J connectivity index is 2.41. The predicted molar refractivity (Wildman–Crippen MR) is 78.8 cm³/mol. The maximum atomic E-state index is 13.2. The Morgan fingerprint density at radius 3 is 2.63 bits per heavy atom. The first-order valence-electron chi connectivity index (χ1n) is 6.01. The number of aromatic nitrogens is 2. The van der Waals surface area contributed by atoms with Crippen LogP contribution in [0.4, 0.5) is 4.39 Å². The molecule has 2 nitrogen and oxygen atoms in total. The molecule has 0 aliphatic carbocycles. The molecule has 0 fully saturated rings. The summed E-state index contributed by atoms with van der Waals surface area (Å²) >= 11 is 11.1. The highest BCUT2D eigenvalue weighted by molar-refractivity contribution is 7.71. The minimum atomic E-state index is -0.404. The molecule has 0 amide bonds. The molecule has 0 atom stereocenters. The Labute approximate surface area is 122 Å². The van der Waals surface area contributed by atoms with E-state index in [0.717, 1.165) is 11.3 Å². The van der Waals surface area contributed by atoms with Gasteiger partial charge in [0.2, 0.25) is 0 Å². The number of hydrogen-bond acceptors (Lipinski definition) is 1. The summed E-state index contributed by atoms with van der Waals surface area (Å²) in [5, 5.41) is 0.136. The van der Waals surface area contributed by atoms with Gasteiger partial charge in [-0.05, 0) is 29.9 Å². The maximum Gasteiger partial charge on any atom is 0.177 e. The van der Waals surface area contributed by atoms with Crippen LogP contribution in [-0.4, -0.2) is 9.55 Å². The van der Waals surface area contributed by atoms with Crippen LogP contribution >= 0.6 is 23.8 Å². The number of aromatic amines is 1. The van der Waals surface area contributed by atoms with E-state index in [9.17, 15) is 4.39 Å². The maximum absolute atomic E-state index is 13.2. The van der Waals surface area contributed by atoms with E-state index in [0.29, 0.717) is 11.3 Å². The van der Waals surface area contributed by atoms with Gasteiger partial charge in [-0.3, -0.25) is 0 Å². The fraction of sp³-hybridized carbons (Fsp3) is 0.357. The van der Waals surface area contributed by atoms with Crippen LogP contribution in [-0.2, 0) is 12.0 Å². The minimum Gasteiger partial charge on any atom is -0.337 e. The molecule has 1 heterocycles. The number of rotatable bonds is 2. The van der Waals surface area contributed by atoms with Crippen LogP contribution in [0.2, 0.25) is 5.02 Å². The molecule has 0 saturated carbocycles. The van der Waals surface area contributed by atoms with Crippen molar-refractivity contribution in [1.82, 2.24) is 9.55 Å². The molecule has 0 spiro atoms. The van der Waals surface area contributed by atoms with Crippen LogP contribution in [0.1, 0.15) is 32.0 Å². The van der Waals surface area contributed by atoms with Crippen molar-refractivity contribution >= 4 is 23.8 Å². The van der Waals surface area contributed by atoms with Crippen LogP contribution < -0.4 is 0 Å². The number of halogens is 2. The normalized spacial score (nSPS) is 11.8. The topological polar surface area (TPSA) is 20.7 Å². The van der Waals surface area contributed by atoms with Crippen molar-refractivity contribution in [2.24, 2.45) is 0 Å². The summed E-state index contributed by atoms with van der Waals surface area (Å²) in [6, 6.07) is 4.74. The first-order valence-corrected chi connectivity index (χ1v) is 6.80. The van der Waals surface area contributed by atoms with Crippen LogP contribution in [0.5, 0.6) is 0 Å². The van der Waals surface area contributed by atoms with Crippen molar-refractivity contribution < 1.29 is 4.39 Å². The summed E-state index contributed by atoms with van der Waals surface area (Å²) in [5.74, 6) is -0.404. The lowest BCUT2D eigenvalue weighted by atomic mass is 9.92. The summed E-state index contributed by atoms with van der Waals surface area (Å²) in [7, 11) is 0. The SMILES string of the molecule is CC(C)(C)c1c[nH]c(=S)n1Cc1ccc(F)c(Cl)c1. The van der Waals surface area contributed by atoms with E-state index < -0.39 is 5.82 Å². The summed E-state index contributed by atoms with van der Waals surface area (Å²) < 4.78 is 15.8. The second-order valence-corrected chi connectivity index (χ2v) is 6.36. The van der Waals surface area contributed by atoms with E-state index in [2.05, 4.69) is 25.8 Å². The number of hydrogen-bond donors (Lipinski definition) is 1. The van der Waals surface area contributed by atoms with Gasteiger partial charge in [-0.25, -0.2) is 4.39 Å². The average Bonchev–Trinajstić information content (AvgIpc) is 2.65. The molecule has 1 aromatic heterocycles. The fourth-order valence-electron chi connectivity index (χ4n) is 1.99. The second-order valence-electron chi connectivity index (χ2n) is 5.56. The Kier molecular flexibility index (Phi) is 3.83. The molecule has 0 bridgehead atoms. The van der Waals surface area contributed by atoms with Gasteiger partial charge in [0, 0.05) is 17.3 Å². The third kappa shape index (κ3) is 3.07. The predicted octanol–water partition coefficient (Wildman–Crippen LogP) is 4.68. The summed E-state index contributed by atoms with van der Waals surface area (Å²) in [4.78, 5) is 3.06. The molecular weight excluding hydrogens is 283 g/mol. The number of H-pyrrole nitrogens is 1. The third-order valence-electron chi connectivity index (χ3n) is 2.96. The van der Waals surface area contributed by atoms with E-state index in [1.54, 1.807) is 12.1 Å². The monoisotopic (exact) mass is 298 g/mol. The highest BCUT2D eigenvalue weighted by Crippen LogP contribution is 2.24. The second kappa shape index (κ2) is 5.10. The van der Waals surface area contributed by atoms with E-state index in [1.165, 1.54) is 6.07 Å².